The van der Waals surface area contributed by atoms with Crippen molar-refractivity contribution in [1.82, 2.24) is 0 Å². The second-order valence-corrected chi connectivity index (χ2v) is 7.47. The molecular formula is C12H18O3S2. The van der Waals surface area contributed by atoms with Crippen LogP contribution in [0.3, 0.4) is 0 Å². The lowest BCUT2D eigenvalue weighted by Gasteiger charge is -2.06. The van der Waals surface area contributed by atoms with E-state index in [0.29, 0.717) is 5.75 Å². The van der Waals surface area contributed by atoms with Crippen LogP contribution in [0, 0.1) is 0 Å². The summed E-state index contributed by atoms with van der Waals surface area (Å²) in [5, 5.41) is 9.34. The Labute approximate surface area is 107 Å². The highest BCUT2D eigenvalue weighted by Crippen LogP contribution is 2.21. The second-order valence-electron chi connectivity index (χ2n) is 3.83. The minimum Gasteiger partial charge on any atom is -0.389 e. The topological polar surface area (TPSA) is 54.4 Å². The number of benzene rings is 1. The molecule has 1 rings (SSSR count). The Morgan fingerprint density at radius 3 is 2.35 bits per heavy atom. The van der Waals surface area contributed by atoms with Gasteiger partial charge in [0, 0.05) is 16.4 Å². The summed E-state index contributed by atoms with van der Waals surface area (Å²) in [6.45, 7) is 3.38. The van der Waals surface area contributed by atoms with Crippen molar-refractivity contribution in [2.45, 2.75) is 24.8 Å². The van der Waals surface area contributed by atoms with E-state index in [4.69, 9.17) is 0 Å². The van der Waals surface area contributed by atoms with Crippen LogP contribution in [0.4, 0.5) is 0 Å². The molecule has 1 N–H and O–H groups in total. The summed E-state index contributed by atoms with van der Waals surface area (Å²) >= 11 is 1.52. The van der Waals surface area contributed by atoms with E-state index in [-0.39, 0.29) is 11.5 Å². The molecule has 0 aromatic heterocycles. The molecule has 1 aromatic carbocycles. The van der Waals surface area contributed by atoms with Gasteiger partial charge in [-0.2, -0.15) is 0 Å². The van der Waals surface area contributed by atoms with Crippen LogP contribution in [-0.2, 0) is 9.84 Å². The van der Waals surface area contributed by atoms with Gasteiger partial charge in [-0.3, -0.25) is 0 Å². The predicted octanol–water partition coefficient (Wildman–Crippen LogP) is 2.27. The zero-order valence-electron chi connectivity index (χ0n) is 10.1. The number of rotatable bonds is 6. The van der Waals surface area contributed by atoms with Gasteiger partial charge < -0.3 is 5.11 Å². The van der Waals surface area contributed by atoms with Gasteiger partial charge in [0.2, 0.25) is 0 Å². The monoisotopic (exact) mass is 274 g/mol. The molecule has 0 saturated carbocycles. The van der Waals surface area contributed by atoms with Gasteiger partial charge in [-0.05, 0) is 24.6 Å². The minimum atomic E-state index is -2.87. The van der Waals surface area contributed by atoms with Gasteiger partial charge in [-0.25, -0.2) is 8.42 Å². The molecule has 0 heterocycles. The first-order chi connectivity index (χ1) is 7.94. The van der Waals surface area contributed by atoms with Crippen LogP contribution in [0.2, 0.25) is 0 Å². The van der Waals surface area contributed by atoms with Crippen LogP contribution in [0.25, 0.3) is 0 Å². The molecule has 5 heteroatoms. The Balaban J connectivity index is 2.48. The van der Waals surface area contributed by atoms with Crippen LogP contribution in [-0.4, -0.2) is 30.8 Å². The molecule has 0 aliphatic rings. The van der Waals surface area contributed by atoms with Crippen molar-refractivity contribution in [3.63, 3.8) is 0 Å². The number of hydrogen-bond acceptors (Lipinski definition) is 4. The first-order valence-electron chi connectivity index (χ1n) is 5.56. The van der Waals surface area contributed by atoms with Crippen molar-refractivity contribution >= 4 is 21.6 Å². The van der Waals surface area contributed by atoms with E-state index in [0.717, 1.165) is 10.5 Å². The highest BCUT2D eigenvalue weighted by atomic mass is 32.2. The zero-order valence-corrected chi connectivity index (χ0v) is 11.7. The molecule has 0 amide bonds. The normalized spacial score (nSPS) is 13.6. The largest absolute Gasteiger partial charge is 0.389 e. The van der Waals surface area contributed by atoms with Crippen LogP contribution >= 0.6 is 11.8 Å². The molecule has 0 spiro atoms. The summed E-state index contributed by atoms with van der Waals surface area (Å²) in [5.41, 5.74) is 0.871. The fourth-order valence-corrected chi connectivity index (χ4v) is 3.48. The highest BCUT2D eigenvalue weighted by Gasteiger charge is 2.07. The molecule has 0 aliphatic carbocycles. The maximum absolute atomic E-state index is 11.3. The fraction of sp³-hybridized carbons (Fsp3) is 0.500. The summed E-state index contributed by atoms with van der Waals surface area (Å²) < 4.78 is 22.6. The zero-order chi connectivity index (χ0) is 12.9. The lowest BCUT2D eigenvalue weighted by Crippen LogP contribution is -2.10. The second kappa shape index (κ2) is 6.42. The summed E-state index contributed by atoms with van der Waals surface area (Å²) in [7, 11) is -2.87. The van der Waals surface area contributed by atoms with Crippen LogP contribution in [0.15, 0.2) is 29.2 Å². The molecule has 0 bridgehead atoms. The third-order valence-corrected chi connectivity index (χ3v) is 5.44. The van der Waals surface area contributed by atoms with E-state index in [1.807, 2.05) is 24.3 Å². The quantitative estimate of drug-likeness (QED) is 0.809. The SMILES string of the molecule is CCS(=O)(=O)CCSc1ccc(C(C)O)cc1. The van der Waals surface area contributed by atoms with E-state index in [2.05, 4.69) is 0 Å². The Hall–Kier alpha value is -0.520. The van der Waals surface area contributed by atoms with Gasteiger partial charge in [0.05, 0.1) is 11.9 Å². The standard InChI is InChI=1S/C12H18O3S2/c1-3-17(14,15)9-8-16-12-6-4-11(5-7-12)10(2)13/h4-7,10,13H,3,8-9H2,1-2H3. The lowest BCUT2D eigenvalue weighted by molar-refractivity contribution is 0.199. The summed E-state index contributed by atoms with van der Waals surface area (Å²) in [4.78, 5) is 1.03. The van der Waals surface area contributed by atoms with Crippen molar-refractivity contribution in [3.05, 3.63) is 29.8 Å². The summed E-state index contributed by atoms with van der Waals surface area (Å²) in [5.74, 6) is 0.991. The molecule has 0 fully saturated rings. The molecule has 96 valence electrons. The first kappa shape index (κ1) is 14.5. The Bertz CT molecular complexity index is 435. The predicted molar refractivity (Wildman–Crippen MR) is 72.1 cm³/mol. The summed E-state index contributed by atoms with van der Waals surface area (Å²) in [6.07, 6.45) is -0.463. The summed E-state index contributed by atoms with van der Waals surface area (Å²) in [6, 6.07) is 7.54. The van der Waals surface area contributed by atoms with E-state index < -0.39 is 15.9 Å². The average molecular weight is 274 g/mol. The van der Waals surface area contributed by atoms with Gasteiger partial charge >= 0.3 is 0 Å². The number of thioether (sulfide) groups is 1. The molecule has 3 nitrogen and oxygen atoms in total. The Morgan fingerprint density at radius 2 is 1.88 bits per heavy atom. The van der Waals surface area contributed by atoms with Gasteiger partial charge in [0.1, 0.15) is 0 Å². The fourth-order valence-electron chi connectivity index (χ4n) is 1.27. The van der Waals surface area contributed by atoms with E-state index in [9.17, 15) is 13.5 Å². The van der Waals surface area contributed by atoms with Crippen molar-refractivity contribution in [2.75, 3.05) is 17.3 Å². The molecule has 17 heavy (non-hydrogen) atoms. The van der Waals surface area contributed by atoms with Crippen molar-refractivity contribution < 1.29 is 13.5 Å². The maximum atomic E-state index is 11.3. The minimum absolute atomic E-state index is 0.203. The smallest absolute Gasteiger partial charge is 0.150 e. The van der Waals surface area contributed by atoms with Crippen LogP contribution < -0.4 is 0 Å². The van der Waals surface area contributed by atoms with Crippen LogP contribution in [0.1, 0.15) is 25.5 Å². The number of aliphatic hydroxyl groups excluding tert-OH is 1. The highest BCUT2D eigenvalue weighted by molar-refractivity contribution is 8.00. The maximum Gasteiger partial charge on any atom is 0.150 e. The third-order valence-electron chi connectivity index (χ3n) is 2.47. The lowest BCUT2D eigenvalue weighted by atomic mass is 10.1. The molecular weight excluding hydrogens is 256 g/mol. The molecule has 0 saturated heterocycles. The van der Waals surface area contributed by atoms with Crippen molar-refractivity contribution in [1.29, 1.82) is 0 Å². The number of aliphatic hydroxyl groups is 1. The van der Waals surface area contributed by atoms with Crippen molar-refractivity contribution in [2.24, 2.45) is 0 Å². The molecule has 1 atom stereocenters. The Kier molecular flexibility index (Phi) is 5.49. The molecule has 1 unspecified atom stereocenters. The molecule has 1 aromatic rings. The number of sulfone groups is 1. The number of hydrogen-bond donors (Lipinski definition) is 1. The third kappa shape index (κ3) is 5.10. The van der Waals surface area contributed by atoms with E-state index in [1.54, 1.807) is 13.8 Å². The Morgan fingerprint density at radius 1 is 1.29 bits per heavy atom. The van der Waals surface area contributed by atoms with Crippen LogP contribution in [0.5, 0.6) is 0 Å². The van der Waals surface area contributed by atoms with E-state index >= 15 is 0 Å². The molecule has 0 aliphatic heterocycles. The average Bonchev–Trinajstić information content (AvgIpc) is 2.29. The van der Waals surface area contributed by atoms with Gasteiger partial charge in [-0.1, -0.05) is 19.1 Å². The van der Waals surface area contributed by atoms with Gasteiger partial charge in [0.15, 0.2) is 9.84 Å². The van der Waals surface area contributed by atoms with Gasteiger partial charge in [0.25, 0.3) is 0 Å². The first-order valence-corrected chi connectivity index (χ1v) is 8.36. The van der Waals surface area contributed by atoms with Crippen molar-refractivity contribution in [3.8, 4) is 0 Å². The molecule has 0 radical (unpaired) electrons. The van der Waals surface area contributed by atoms with E-state index in [1.165, 1.54) is 11.8 Å². The van der Waals surface area contributed by atoms with Gasteiger partial charge in [-0.15, -0.1) is 11.8 Å².